The summed E-state index contributed by atoms with van der Waals surface area (Å²) in [5.41, 5.74) is 4.88. The van der Waals surface area contributed by atoms with Crippen molar-refractivity contribution < 1.29 is 9.53 Å². The molecule has 0 saturated carbocycles. The number of benzene rings is 3. The standard InChI is InChI=1S/C25H19ClN4O2/c26-19-9-10-24-22(13-19)23(25(31)27-24)12-18-7-4-8-21(11-18)32-16-20-15-30(29-28-20)14-17-5-2-1-3-6-17/h1-13,15H,14,16H2,(H,27,31)/b23-12-. The number of hydrogen-bond donors (Lipinski definition) is 1. The maximum absolute atomic E-state index is 12.4. The molecule has 1 amide bonds. The second-order valence-corrected chi connectivity index (χ2v) is 7.89. The second kappa shape index (κ2) is 8.69. The van der Waals surface area contributed by atoms with E-state index >= 15 is 0 Å². The SMILES string of the molecule is O=C1Nc2ccc(Cl)cc2/C1=C/c1cccc(OCc2cn(Cc3ccccc3)nn2)c1. The van der Waals surface area contributed by atoms with E-state index in [2.05, 4.69) is 27.8 Å². The van der Waals surface area contributed by atoms with Crippen molar-refractivity contribution in [3.8, 4) is 5.75 Å². The Morgan fingerprint density at radius 2 is 1.91 bits per heavy atom. The van der Waals surface area contributed by atoms with Gasteiger partial charge in [0, 0.05) is 21.8 Å². The van der Waals surface area contributed by atoms with Crippen LogP contribution in [0.4, 0.5) is 5.69 Å². The molecule has 0 spiro atoms. The second-order valence-electron chi connectivity index (χ2n) is 7.46. The van der Waals surface area contributed by atoms with Gasteiger partial charge in [0.1, 0.15) is 18.1 Å². The van der Waals surface area contributed by atoms with Gasteiger partial charge < -0.3 is 10.1 Å². The number of nitrogens with one attached hydrogen (secondary N) is 1. The Bertz CT molecular complexity index is 1310. The summed E-state index contributed by atoms with van der Waals surface area (Å²) in [5.74, 6) is 0.533. The fourth-order valence-corrected chi connectivity index (χ4v) is 3.75. The number of ether oxygens (including phenoxy) is 1. The molecule has 0 fully saturated rings. The van der Waals surface area contributed by atoms with Crippen LogP contribution in [0.2, 0.25) is 5.02 Å². The van der Waals surface area contributed by atoms with Gasteiger partial charge in [-0.05, 0) is 47.5 Å². The lowest BCUT2D eigenvalue weighted by atomic mass is 10.0. The minimum atomic E-state index is -0.149. The van der Waals surface area contributed by atoms with Crippen molar-refractivity contribution in [2.45, 2.75) is 13.2 Å². The monoisotopic (exact) mass is 442 g/mol. The van der Waals surface area contributed by atoms with E-state index in [1.807, 2.05) is 54.7 Å². The lowest BCUT2D eigenvalue weighted by Crippen LogP contribution is -2.03. The van der Waals surface area contributed by atoms with Crippen LogP contribution in [0, 0.1) is 0 Å². The van der Waals surface area contributed by atoms with Crippen LogP contribution >= 0.6 is 11.6 Å². The van der Waals surface area contributed by atoms with Gasteiger partial charge in [0.25, 0.3) is 5.91 Å². The number of rotatable bonds is 6. The van der Waals surface area contributed by atoms with Crippen LogP contribution in [0.15, 0.2) is 79.0 Å². The highest BCUT2D eigenvalue weighted by molar-refractivity contribution is 6.36. The van der Waals surface area contributed by atoms with Gasteiger partial charge in [-0.15, -0.1) is 5.10 Å². The molecule has 32 heavy (non-hydrogen) atoms. The zero-order valence-electron chi connectivity index (χ0n) is 17.0. The van der Waals surface area contributed by atoms with Crippen LogP contribution < -0.4 is 10.1 Å². The largest absolute Gasteiger partial charge is 0.487 e. The van der Waals surface area contributed by atoms with Crippen molar-refractivity contribution in [3.63, 3.8) is 0 Å². The highest BCUT2D eigenvalue weighted by atomic mass is 35.5. The van der Waals surface area contributed by atoms with E-state index < -0.39 is 0 Å². The third-order valence-corrected chi connectivity index (χ3v) is 5.33. The van der Waals surface area contributed by atoms with E-state index in [0.717, 1.165) is 28.1 Å². The number of fused-ring (bicyclic) bond motifs is 1. The molecule has 158 valence electrons. The molecule has 3 aromatic carbocycles. The lowest BCUT2D eigenvalue weighted by molar-refractivity contribution is -0.110. The molecular weight excluding hydrogens is 424 g/mol. The third-order valence-electron chi connectivity index (χ3n) is 5.09. The minimum Gasteiger partial charge on any atom is -0.487 e. The van der Waals surface area contributed by atoms with Gasteiger partial charge in [-0.2, -0.15) is 0 Å². The highest BCUT2D eigenvalue weighted by Gasteiger charge is 2.24. The molecule has 7 heteroatoms. The number of carbonyl (C=O) groups is 1. The van der Waals surface area contributed by atoms with Crippen LogP contribution in [-0.2, 0) is 17.9 Å². The van der Waals surface area contributed by atoms with Crippen molar-refractivity contribution in [2.24, 2.45) is 0 Å². The van der Waals surface area contributed by atoms with Crippen molar-refractivity contribution in [3.05, 3.63) is 106 Å². The molecule has 0 unspecified atom stereocenters. The average Bonchev–Trinajstić information content (AvgIpc) is 3.37. The number of carbonyl (C=O) groups excluding carboxylic acids is 1. The zero-order valence-corrected chi connectivity index (χ0v) is 17.8. The predicted molar refractivity (Wildman–Crippen MR) is 124 cm³/mol. The summed E-state index contributed by atoms with van der Waals surface area (Å²) in [6.45, 7) is 0.957. The summed E-state index contributed by atoms with van der Waals surface area (Å²) >= 11 is 6.11. The van der Waals surface area contributed by atoms with Gasteiger partial charge in [-0.3, -0.25) is 4.79 Å². The Kier molecular flexibility index (Phi) is 5.44. The molecule has 0 aliphatic carbocycles. The Balaban J connectivity index is 1.28. The number of hydrogen-bond acceptors (Lipinski definition) is 4. The summed E-state index contributed by atoms with van der Waals surface area (Å²) in [7, 11) is 0. The molecule has 4 aromatic rings. The highest BCUT2D eigenvalue weighted by Crippen LogP contribution is 2.35. The summed E-state index contributed by atoms with van der Waals surface area (Å²) in [6.07, 6.45) is 3.71. The molecule has 0 atom stereocenters. The van der Waals surface area contributed by atoms with E-state index in [9.17, 15) is 4.79 Å². The van der Waals surface area contributed by atoms with Crippen LogP contribution in [-0.4, -0.2) is 20.9 Å². The van der Waals surface area contributed by atoms with E-state index in [1.165, 1.54) is 0 Å². The van der Waals surface area contributed by atoms with Crippen molar-refractivity contribution in [1.29, 1.82) is 0 Å². The lowest BCUT2D eigenvalue weighted by Gasteiger charge is -2.05. The molecule has 1 N–H and O–H groups in total. The van der Waals surface area contributed by atoms with Crippen LogP contribution in [0.1, 0.15) is 22.4 Å². The fourth-order valence-electron chi connectivity index (χ4n) is 3.57. The van der Waals surface area contributed by atoms with Gasteiger partial charge in [0.15, 0.2) is 0 Å². The van der Waals surface area contributed by atoms with Crippen molar-refractivity contribution in [1.82, 2.24) is 15.0 Å². The third kappa shape index (κ3) is 4.40. The number of aromatic nitrogens is 3. The van der Waals surface area contributed by atoms with Crippen LogP contribution in [0.25, 0.3) is 11.6 Å². The van der Waals surface area contributed by atoms with E-state index in [4.69, 9.17) is 16.3 Å². The first-order valence-corrected chi connectivity index (χ1v) is 10.5. The molecular formula is C25H19ClN4O2. The summed E-state index contributed by atoms with van der Waals surface area (Å²) in [4.78, 5) is 12.4. The van der Waals surface area contributed by atoms with Crippen LogP contribution in [0.3, 0.4) is 0 Å². The smallest absolute Gasteiger partial charge is 0.256 e. The number of halogens is 1. The molecule has 2 heterocycles. The molecule has 0 saturated heterocycles. The quantitative estimate of drug-likeness (QED) is 0.424. The molecule has 6 nitrogen and oxygen atoms in total. The van der Waals surface area contributed by atoms with E-state index in [1.54, 1.807) is 22.9 Å². The minimum absolute atomic E-state index is 0.149. The fraction of sp³-hybridized carbons (Fsp3) is 0.0800. The van der Waals surface area contributed by atoms with Gasteiger partial charge in [0.05, 0.1) is 12.7 Å². The molecule has 5 rings (SSSR count). The van der Waals surface area contributed by atoms with E-state index in [0.29, 0.717) is 29.5 Å². The molecule has 1 aromatic heterocycles. The van der Waals surface area contributed by atoms with Crippen molar-refractivity contribution >= 4 is 34.8 Å². The number of nitrogens with zero attached hydrogens (tertiary/aromatic N) is 3. The number of amides is 1. The summed E-state index contributed by atoms with van der Waals surface area (Å²) in [6, 6.07) is 23.0. The van der Waals surface area contributed by atoms with Gasteiger partial charge in [0.2, 0.25) is 0 Å². The Labute approximate surface area is 190 Å². The normalized spacial score (nSPS) is 13.8. The Hall–Kier alpha value is -3.90. The maximum atomic E-state index is 12.4. The zero-order chi connectivity index (χ0) is 21.9. The molecule has 1 aliphatic rings. The average molecular weight is 443 g/mol. The molecule has 1 aliphatic heterocycles. The van der Waals surface area contributed by atoms with Gasteiger partial charge in [-0.1, -0.05) is 59.3 Å². The summed E-state index contributed by atoms with van der Waals surface area (Å²) < 4.78 is 7.70. The van der Waals surface area contributed by atoms with Crippen molar-refractivity contribution in [2.75, 3.05) is 5.32 Å². The summed E-state index contributed by atoms with van der Waals surface area (Å²) in [5, 5.41) is 11.8. The van der Waals surface area contributed by atoms with E-state index in [-0.39, 0.29) is 5.91 Å². The first-order chi connectivity index (χ1) is 15.6. The Morgan fingerprint density at radius 1 is 1.03 bits per heavy atom. The maximum Gasteiger partial charge on any atom is 0.256 e. The first-order valence-electron chi connectivity index (χ1n) is 10.1. The van der Waals surface area contributed by atoms with Crippen LogP contribution in [0.5, 0.6) is 5.75 Å². The molecule has 0 radical (unpaired) electrons. The molecule has 0 bridgehead atoms. The predicted octanol–water partition coefficient (Wildman–Crippen LogP) is 5.05. The first kappa shape index (κ1) is 20.0. The Morgan fingerprint density at radius 3 is 2.78 bits per heavy atom. The van der Waals surface area contributed by atoms with Gasteiger partial charge >= 0.3 is 0 Å². The number of anilines is 1. The topological polar surface area (TPSA) is 69.0 Å². The van der Waals surface area contributed by atoms with Gasteiger partial charge in [-0.25, -0.2) is 4.68 Å².